The molecule has 1 fully saturated rings. The molecule has 0 bridgehead atoms. The maximum atomic E-state index is 6.20. The van der Waals surface area contributed by atoms with Crippen LogP contribution >= 0.6 is 11.8 Å². The SMILES string of the molecule is CCC1CN(CCC(N)C(C)(C)C)CCS1. The third-order valence-corrected chi connectivity index (χ3v) is 4.92. The number of hydrogen-bond acceptors (Lipinski definition) is 3. The molecule has 0 saturated carbocycles. The van der Waals surface area contributed by atoms with Gasteiger partial charge < -0.3 is 10.6 Å². The second kappa shape index (κ2) is 6.27. The minimum Gasteiger partial charge on any atom is -0.327 e. The van der Waals surface area contributed by atoms with Crippen molar-refractivity contribution in [2.75, 3.05) is 25.4 Å². The Labute approximate surface area is 105 Å². The number of hydrogen-bond donors (Lipinski definition) is 1. The molecule has 2 N–H and O–H groups in total. The summed E-state index contributed by atoms with van der Waals surface area (Å²) in [6.45, 7) is 12.7. The Hall–Kier alpha value is 0.270. The van der Waals surface area contributed by atoms with Crippen LogP contribution in [0.1, 0.15) is 40.5 Å². The smallest absolute Gasteiger partial charge is 0.0172 e. The van der Waals surface area contributed by atoms with Crippen molar-refractivity contribution in [1.29, 1.82) is 0 Å². The van der Waals surface area contributed by atoms with Gasteiger partial charge in [0, 0.05) is 30.1 Å². The highest BCUT2D eigenvalue weighted by molar-refractivity contribution is 8.00. The molecule has 0 aromatic rings. The highest BCUT2D eigenvalue weighted by Gasteiger charge is 2.23. The molecule has 96 valence electrons. The van der Waals surface area contributed by atoms with Crippen molar-refractivity contribution in [2.45, 2.75) is 51.8 Å². The van der Waals surface area contributed by atoms with Gasteiger partial charge in [0.25, 0.3) is 0 Å². The van der Waals surface area contributed by atoms with Crippen LogP contribution in [-0.4, -0.2) is 41.6 Å². The van der Waals surface area contributed by atoms with Gasteiger partial charge in [-0.1, -0.05) is 27.7 Å². The summed E-state index contributed by atoms with van der Waals surface area (Å²) in [5, 5.41) is 0.847. The van der Waals surface area contributed by atoms with Gasteiger partial charge in [0.2, 0.25) is 0 Å². The highest BCUT2D eigenvalue weighted by Crippen LogP contribution is 2.23. The molecular formula is C13H28N2S. The van der Waals surface area contributed by atoms with Crippen LogP contribution < -0.4 is 5.73 Å². The van der Waals surface area contributed by atoms with Gasteiger partial charge in [0.1, 0.15) is 0 Å². The van der Waals surface area contributed by atoms with E-state index < -0.39 is 0 Å². The molecule has 0 aromatic heterocycles. The van der Waals surface area contributed by atoms with E-state index in [0.29, 0.717) is 6.04 Å². The van der Waals surface area contributed by atoms with Crippen LogP contribution in [0.4, 0.5) is 0 Å². The first-order valence-corrected chi connectivity index (χ1v) is 7.58. The first-order chi connectivity index (χ1) is 7.43. The predicted molar refractivity (Wildman–Crippen MR) is 75.0 cm³/mol. The molecule has 1 aliphatic heterocycles. The minimum absolute atomic E-state index is 0.245. The van der Waals surface area contributed by atoms with Gasteiger partial charge in [0.05, 0.1) is 0 Å². The highest BCUT2D eigenvalue weighted by atomic mass is 32.2. The van der Waals surface area contributed by atoms with Crippen LogP contribution in [0.3, 0.4) is 0 Å². The lowest BCUT2D eigenvalue weighted by Gasteiger charge is -2.34. The molecule has 1 rings (SSSR count). The summed E-state index contributed by atoms with van der Waals surface area (Å²) in [7, 11) is 0. The van der Waals surface area contributed by atoms with Crippen molar-refractivity contribution in [3.8, 4) is 0 Å². The van der Waals surface area contributed by atoms with E-state index in [1.807, 2.05) is 0 Å². The molecule has 2 atom stereocenters. The Morgan fingerprint density at radius 3 is 2.69 bits per heavy atom. The van der Waals surface area contributed by atoms with E-state index in [1.54, 1.807) is 0 Å². The van der Waals surface area contributed by atoms with Gasteiger partial charge in [-0.05, 0) is 24.8 Å². The van der Waals surface area contributed by atoms with Gasteiger partial charge in [-0.3, -0.25) is 0 Å². The topological polar surface area (TPSA) is 29.3 Å². The summed E-state index contributed by atoms with van der Waals surface area (Å²) >= 11 is 2.13. The third kappa shape index (κ3) is 4.64. The van der Waals surface area contributed by atoms with E-state index in [9.17, 15) is 0 Å². The Bertz CT molecular complexity index is 201. The molecule has 0 aliphatic carbocycles. The fourth-order valence-electron chi connectivity index (χ4n) is 1.99. The summed E-state index contributed by atoms with van der Waals surface area (Å²) in [6.07, 6.45) is 2.43. The quantitative estimate of drug-likeness (QED) is 0.824. The molecular weight excluding hydrogens is 216 g/mol. The van der Waals surface area contributed by atoms with Crippen molar-refractivity contribution in [2.24, 2.45) is 11.1 Å². The zero-order chi connectivity index (χ0) is 12.2. The summed E-state index contributed by atoms with van der Waals surface area (Å²) < 4.78 is 0. The normalized spacial score (nSPS) is 25.7. The first-order valence-electron chi connectivity index (χ1n) is 6.53. The molecule has 0 aromatic carbocycles. The standard InChI is InChI=1S/C13H28N2S/c1-5-11-10-15(8-9-16-11)7-6-12(14)13(2,3)4/h11-12H,5-10,14H2,1-4H3. The van der Waals surface area contributed by atoms with Gasteiger partial charge in [0.15, 0.2) is 0 Å². The second-order valence-corrected chi connectivity index (χ2v) is 7.37. The fraction of sp³-hybridized carbons (Fsp3) is 1.00. The van der Waals surface area contributed by atoms with Crippen LogP contribution in [0.2, 0.25) is 0 Å². The zero-order valence-electron chi connectivity index (χ0n) is 11.3. The van der Waals surface area contributed by atoms with Crippen LogP contribution in [0.5, 0.6) is 0 Å². The Morgan fingerprint density at radius 1 is 1.44 bits per heavy atom. The van der Waals surface area contributed by atoms with E-state index in [4.69, 9.17) is 5.73 Å². The lowest BCUT2D eigenvalue weighted by Crippen LogP contribution is -2.42. The number of thioether (sulfide) groups is 1. The average molecular weight is 244 g/mol. The predicted octanol–water partition coefficient (Wildman–Crippen LogP) is 2.58. The van der Waals surface area contributed by atoms with Gasteiger partial charge in [-0.2, -0.15) is 11.8 Å². The molecule has 0 spiro atoms. The molecule has 1 heterocycles. The first kappa shape index (κ1) is 14.3. The zero-order valence-corrected chi connectivity index (χ0v) is 12.1. The Morgan fingerprint density at radius 2 is 2.12 bits per heavy atom. The van der Waals surface area contributed by atoms with Crippen LogP contribution in [-0.2, 0) is 0 Å². The maximum Gasteiger partial charge on any atom is 0.0172 e. The Kier molecular flexibility index (Phi) is 5.62. The molecule has 0 radical (unpaired) electrons. The number of nitrogens with zero attached hydrogens (tertiary/aromatic N) is 1. The van der Waals surface area contributed by atoms with Crippen LogP contribution in [0.25, 0.3) is 0 Å². The number of nitrogens with two attached hydrogens (primary N) is 1. The van der Waals surface area contributed by atoms with E-state index in [-0.39, 0.29) is 5.41 Å². The number of rotatable bonds is 4. The van der Waals surface area contributed by atoms with Crippen LogP contribution in [0.15, 0.2) is 0 Å². The third-order valence-electron chi connectivity index (χ3n) is 3.55. The fourth-order valence-corrected chi connectivity index (χ4v) is 3.23. The molecule has 2 unspecified atom stereocenters. The largest absolute Gasteiger partial charge is 0.327 e. The maximum absolute atomic E-state index is 6.20. The summed E-state index contributed by atoms with van der Waals surface area (Å²) in [4.78, 5) is 2.59. The van der Waals surface area contributed by atoms with E-state index >= 15 is 0 Å². The van der Waals surface area contributed by atoms with Crippen molar-refractivity contribution in [1.82, 2.24) is 4.90 Å². The summed E-state index contributed by atoms with van der Waals surface area (Å²) in [5.74, 6) is 1.29. The lowest BCUT2D eigenvalue weighted by atomic mass is 9.85. The molecule has 1 aliphatic rings. The van der Waals surface area contributed by atoms with E-state index in [0.717, 1.165) is 11.7 Å². The average Bonchev–Trinajstić information content (AvgIpc) is 2.25. The Balaban J connectivity index is 2.27. The molecule has 3 heteroatoms. The summed E-state index contributed by atoms with van der Waals surface area (Å²) in [6, 6.07) is 0.321. The van der Waals surface area contributed by atoms with Crippen molar-refractivity contribution in [3.63, 3.8) is 0 Å². The van der Waals surface area contributed by atoms with Crippen molar-refractivity contribution >= 4 is 11.8 Å². The molecule has 2 nitrogen and oxygen atoms in total. The van der Waals surface area contributed by atoms with E-state index in [1.165, 1.54) is 31.8 Å². The molecule has 1 saturated heterocycles. The lowest BCUT2D eigenvalue weighted by molar-refractivity contribution is 0.231. The van der Waals surface area contributed by atoms with Crippen molar-refractivity contribution in [3.05, 3.63) is 0 Å². The van der Waals surface area contributed by atoms with Crippen LogP contribution in [0, 0.1) is 5.41 Å². The van der Waals surface area contributed by atoms with Gasteiger partial charge in [-0.15, -0.1) is 0 Å². The van der Waals surface area contributed by atoms with Gasteiger partial charge >= 0.3 is 0 Å². The summed E-state index contributed by atoms with van der Waals surface area (Å²) in [5.41, 5.74) is 6.45. The van der Waals surface area contributed by atoms with Gasteiger partial charge in [-0.25, -0.2) is 0 Å². The minimum atomic E-state index is 0.245. The molecule has 16 heavy (non-hydrogen) atoms. The monoisotopic (exact) mass is 244 g/mol. The molecule has 0 amide bonds. The van der Waals surface area contributed by atoms with E-state index in [2.05, 4.69) is 44.4 Å². The second-order valence-electron chi connectivity index (χ2n) is 5.96. The van der Waals surface area contributed by atoms with Crippen molar-refractivity contribution < 1.29 is 0 Å².